The van der Waals surface area contributed by atoms with E-state index in [0.717, 1.165) is 35.1 Å². The first-order valence-corrected chi connectivity index (χ1v) is 9.39. The molecule has 124 valence electrons. The maximum absolute atomic E-state index is 14.2. The molecule has 0 amide bonds. The zero-order valence-electron chi connectivity index (χ0n) is 12.7. The van der Waals surface area contributed by atoms with Crippen molar-refractivity contribution in [3.8, 4) is 0 Å². The van der Waals surface area contributed by atoms with E-state index < -0.39 is 26.4 Å². The smallest absolute Gasteiger partial charge is 0.181 e. The third-order valence-corrected chi connectivity index (χ3v) is 5.15. The van der Waals surface area contributed by atoms with Gasteiger partial charge in [0, 0.05) is 11.3 Å². The predicted octanol–water partition coefficient (Wildman–Crippen LogP) is 4.89. The zero-order chi connectivity index (χ0) is 17.5. The number of sulfone groups is 1. The highest BCUT2D eigenvalue weighted by Crippen LogP contribution is 2.37. The molecule has 0 saturated carbocycles. The standard InChI is InChI=1S/C18H13ClF2O2S/c1-24(22,23)18-16(20)9-12(10-17(18)21)15-7-3-6-14(15)11-4-2-5-13(19)8-11/h2-6,8-10H,7H2,1H3. The second-order valence-electron chi connectivity index (χ2n) is 5.55. The highest BCUT2D eigenvalue weighted by molar-refractivity contribution is 7.90. The van der Waals surface area contributed by atoms with Crippen LogP contribution in [0.2, 0.25) is 5.02 Å². The minimum atomic E-state index is -3.97. The summed E-state index contributed by atoms with van der Waals surface area (Å²) in [4.78, 5) is -0.901. The average Bonchev–Trinajstić information content (AvgIpc) is 2.94. The van der Waals surface area contributed by atoms with E-state index in [1.165, 1.54) is 0 Å². The van der Waals surface area contributed by atoms with Crippen LogP contribution in [0.1, 0.15) is 17.5 Å². The summed E-state index contributed by atoms with van der Waals surface area (Å²) in [5, 5.41) is 0.560. The van der Waals surface area contributed by atoms with Crippen LogP contribution in [0, 0.1) is 11.6 Å². The van der Waals surface area contributed by atoms with Crippen LogP contribution in [0.3, 0.4) is 0 Å². The molecule has 0 aliphatic heterocycles. The van der Waals surface area contributed by atoms with Gasteiger partial charge in [-0.3, -0.25) is 0 Å². The quantitative estimate of drug-likeness (QED) is 0.774. The third-order valence-electron chi connectivity index (χ3n) is 3.78. The minimum absolute atomic E-state index is 0.317. The molecule has 6 heteroatoms. The first-order chi connectivity index (χ1) is 11.3. The van der Waals surface area contributed by atoms with Crippen LogP contribution >= 0.6 is 11.6 Å². The molecule has 2 aromatic carbocycles. The van der Waals surface area contributed by atoms with Gasteiger partial charge in [0.25, 0.3) is 0 Å². The van der Waals surface area contributed by atoms with Crippen LogP contribution in [0.4, 0.5) is 8.78 Å². The van der Waals surface area contributed by atoms with E-state index in [0.29, 0.717) is 17.0 Å². The maximum atomic E-state index is 14.2. The fraction of sp³-hybridized carbons (Fsp3) is 0.111. The van der Waals surface area contributed by atoms with Crippen molar-refractivity contribution >= 4 is 32.6 Å². The molecular weight excluding hydrogens is 354 g/mol. The monoisotopic (exact) mass is 366 g/mol. The molecule has 0 bridgehead atoms. The molecule has 0 aromatic heterocycles. The summed E-state index contributed by atoms with van der Waals surface area (Å²) in [6.45, 7) is 0. The van der Waals surface area contributed by atoms with Gasteiger partial charge in [-0.2, -0.15) is 0 Å². The van der Waals surface area contributed by atoms with Crippen LogP contribution in [0.5, 0.6) is 0 Å². The molecule has 0 N–H and O–H groups in total. The summed E-state index contributed by atoms with van der Waals surface area (Å²) >= 11 is 6.01. The Bertz CT molecular complexity index is 969. The molecule has 0 atom stereocenters. The lowest BCUT2D eigenvalue weighted by Gasteiger charge is -2.11. The number of benzene rings is 2. The molecule has 0 radical (unpaired) electrons. The fourth-order valence-electron chi connectivity index (χ4n) is 2.79. The highest BCUT2D eigenvalue weighted by atomic mass is 35.5. The Morgan fingerprint density at radius 2 is 1.71 bits per heavy atom. The Labute approximate surface area is 144 Å². The maximum Gasteiger partial charge on any atom is 0.181 e. The number of rotatable bonds is 3. The Morgan fingerprint density at radius 3 is 2.29 bits per heavy atom. The molecule has 1 aliphatic carbocycles. The fourth-order valence-corrected chi connectivity index (χ4v) is 3.81. The van der Waals surface area contributed by atoms with E-state index >= 15 is 0 Å². The molecule has 3 rings (SSSR count). The lowest BCUT2D eigenvalue weighted by molar-refractivity contribution is 0.520. The van der Waals surface area contributed by atoms with Crippen molar-refractivity contribution in [1.29, 1.82) is 0 Å². The third kappa shape index (κ3) is 3.14. The Kier molecular flexibility index (Phi) is 4.32. The average molecular weight is 367 g/mol. The van der Waals surface area contributed by atoms with Crippen LogP contribution in [-0.4, -0.2) is 14.7 Å². The van der Waals surface area contributed by atoms with Crippen LogP contribution in [-0.2, 0) is 9.84 Å². The summed E-state index contributed by atoms with van der Waals surface area (Å²) in [6.07, 6.45) is 5.02. The molecule has 0 heterocycles. The Hall–Kier alpha value is -1.98. The number of allylic oxidation sites excluding steroid dienone is 4. The molecule has 0 spiro atoms. The second kappa shape index (κ2) is 6.15. The largest absolute Gasteiger partial charge is 0.224 e. The molecule has 0 saturated heterocycles. The number of hydrogen-bond acceptors (Lipinski definition) is 2. The van der Waals surface area contributed by atoms with Crippen molar-refractivity contribution in [3.63, 3.8) is 0 Å². The van der Waals surface area contributed by atoms with E-state index in [9.17, 15) is 17.2 Å². The summed E-state index contributed by atoms with van der Waals surface area (Å²) < 4.78 is 51.4. The summed E-state index contributed by atoms with van der Waals surface area (Å²) in [7, 11) is -3.97. The van der Waals surface area contributed by atoms with E-state index in [-0.39, 0.29) is 0 Å². The van der Waals surface area contributed by atoms with Gasteiger partial charge in [0.05, 0.1) is 0 Å². The normalized spacial score (nSPS) is 14.5. The van der Waals surface area contributed by atoms with E-state index in [2.05, 4.69) is 0 Å². The van der Waals surface area contributed by atoms with Gasteiger partial charge < -0.3 is 0 Å². The molecular formula is C18H13ClF2O2S. The van der Waals surface area contributed by atoms with Gasteiger partial charge in [-0.05, 0) is 53.0 Å². The van der Waals surface area contributed by atoms with Crippen LogP contribution < -0.4 is 0 Å². The second-order valence-corrected chi connectivity index (χ2v) is 7.94. The van der Waals surface area contributed by atoms with Gasteiger partial charge in [0.15, 0.2) is 9.84 Å². The van der Waals surface area contributed by atoms with Crippen molar-refractivity contribution in [2.45, 2.75) is 11.3 Å². The first kappa shape index (κ1) is 16.9. The lowest BCUT2D eigenvalue weighted by atomic mass is 9.96. The highest BCUT2D eigenvalue weighted by Gasteiger charge is 2.23. The topological polar surface area (TPSA) is 34.1 Å². The Balaban J connectivity index is 2.17. The summed E-state index contributed by atoms with van der Waals surface area (Å²) in [5.41, 5.74) is 2.68. The summed E-state index contributed by atoms with van der Waals surface area (Å²) in [5.74, 6) is -2.17. The predicted molar refractivity (Wildman–Crippen MR) is 91.5 cm³/mol. The van der Waals surface area contributed by atoms with Crippen molar-refractivity contribution < 1.29 is 17.2 Å². The van der Waals surface area contributed by atoms with Crippen LogP contribution in [0.25, 0.3) is 11.1 Å². The van der Waals surface area contributed by atoms with Crippen LogP contribution in [0.15, 0.2) is 53.4 Å². The molecule has 1 aliphatic rings. The summed E-state index contributed by atoms with van der Waals surface area (Å²) in [6, 6.07) is 9.28. The zero-order valence-corrected chi connectivity index (χ0v) is 14.3. The van der Waals surface area contributed by atoms with Gasteiger partial charge in [-0.1, -0.05) is 35.9 Å². The van der Waals surface area contributed by atoms with Gasteiger partial charge in [-0.15, -0.1) is 0 Å². The van der Waals surface area contributed by atoms with E-state index in [4.69, 9.17) is 11.6 Å². The van der Waals surface area contributed by atoms with Gasteiger partial charge >= 0.3 is 0 Å². The van der Waals surface area contributed by atoms with E-state index in [1.54, 1.807) is 18.2 Å². The SMILES string of the molecule is CS(=O)(=O)c1c(F)cc(C2=C(c3cccc(Cl)c3)C=CC2)cc1F. The van der Waals surface area contributed by atoms with E-state index in [1.807, 2.05) is 18.2 Å². The first-order valence-electron chi connectivity index (χ1n) is 7.12. The van der Waals surface area contributed by atoms with Gasteiger partial charge in [-0.25, -0.2) is 17.2 Å². The molecule has 24 heavy (non-hydrogen) atoms. The Morgan fingerprint density at radius 1 is 1.04 bits per heavy atom. The number of halogens is 3. The van der Waals surface area contributed by atoms with Crippen molar-refractivity contribution in [2.24, 2.45) is 0 Å². The molecule has 0 unspecified atom stereocenters. The van der Waals surface area contributed by atoms with Crippen molar-refractivity contribution in [3.05, 3.63) is 76.3 Å². The molecule has 2 nitrogen and oxygen atoms in total. The van der Waals surface area contributed by atoms with Gasteiger partial charge in [0.1, 0.15) is 16.5 Å². The molecule has 0 fully saturated rings. The minimum Gasteiger partial charge on any atom is -0.224 e. The molecule has 2 aromatic rings. The van der Waals surface area contributed by atoms with Gasteiger partial charge in [0.2, 0.25) is 0 Å². The number of hydrogen-bond donors (Lipinski definition) is 0. The van der Waals surface area contributed by atoms with Crippen molar-refractivity contribution in [1.82, 2.24) is 0 Å². The lowest BCUT2D eigenvalue weighted by Crippen LogP contribution is -2.05. The van der Waals surface area contributed by atoms with Crippen molar-refractivity contribution in [2.75, 3.05) is 6.26 Å².